The Bertz CT molecular complexity index is 1270. The van der Waals surface area contributed by atoms with Crippen LogP contribution in [0, 0.1) is 0 Å². The van der Waals surface area contributed by atoms with Gasteiger partial charge in [-0.05, 0) is 49.2 Å². The van der Waals surface area contributed by atoms with Gasteiger partial charge in [-0.3, -0.25) is 14.5 Å². The maximum absolute atomic E-state index is 12.1. The van der Waals surface area contributed by atoms with Gasteiger partial charge in [0.15, 0.2) is 12.4 Å². The molecule has 0 fully saturated rings. The Morgan fingerprint density at radius 2 is 1.88 bits per heavy atom. The van der Waals surface area contributed by atoms with E-state index in [1.54, 1.807) is 42.6 Å². The zero-order valence-corrected chi connectivity index (χ0v) is 19.2. The predicted molar refractivity (Wildman–Crippen MR) is 123 cm³/mol. The third-order valence-corrected chi connectivity index (χ3v) is 6.66. The lowest BCUT2D eigenvalue weighted by Crippen LogP contribution is -2.22. The number of benzene rings is 2. The molecule has 2 heterocycles. The molecule has 0 saturated heterocycles. The monoisotopic (exact) mass is 487 g/mol. The molecule has 8 nitrogen and oxygen atoms in total. The van der Waals surface area contributed by atoms with Crippen molar-refractivity contribution in [1.82, 2.24) is 9.71 Å². The van der Waals surface area contributed by atoms with Crippen molar-refractivity contribution in [2.45, 2.75) is 37.2 Å². The van der Waals surface area contributed by atoms with E-state index in [2.05, 4.69) is 14.7 Å². The molecule has 0 unspecified atom stereocenters. The van der Waals surface area contributed by atoms with Crippen molar-refractivity contribution in [2.24, 2.45) is 4.99 Å². The van der Waals surface area contributed by atoms with E-state index in [4.69, 9.17) is 20.8 Å². The van der Waals surface area contributed by atoms with Gasteiger partial charge in [0, 0.05) is 29.1 Å². The number of ether oxygens (including phenoxy) is 1. The van der Waals surface area contributed by atoms with Gasteiger partial charge >= 0.3 is 5.97 Å². The van der Waals surface area contributed by atoms with Gasteiger partial charge in [-0.1, -0.05) is 30.2 Å². The zero-order chi connectivity index (χ0) is 23.3. The van der Waals surface area contributed by atoms with Crippen molar-refractivity contribution in [1.29, 1.82) is 0 Å². The van der Waals surface area contributed by atoms with E-state index in [1.165, 1.54) is 0 Å². The van der Waals surface area contributed by atoms with Gasteiger partial charge in [-0.15, -0.1) is 0 Å². The summed E-state index contributed by atoms with van der Waals surface area (Å²) in [7, 11) is -3.52. The number of carbonyl (C=O) groups excluding carboxylic acids is 1. The number of aromatic nitrogens is 1. The topological polar surface area (TPSA) is 111 Å². The fourth-order valence-electron chi connectivity index (χ4n) is 3.34. The van der Waals surface area contributed by atoms with Crippen molar-refractivity contribution < 1.29 is 22.4 Å². The van der Waals surface area contributed by atoms with E-state index >= 15 is 0 Å². The number of hydrogen-bond donors (Lipinski definition) is 1. The van der Waals surface area contributed by atoms with Crippen LogP contribution in [-0.2, 0) is 26.2 Å². The number of nitrogens with zero attached hydrogens (tertiary/aromatic N) is 2. The molecule has 1 aliphatic heterocycles. The number of unbranched alkanes of at least 4 members (excludes halogenated alkanes) is 2. The highest BCUT2D eigenvalue weighted by Crippen LogP contribution is 2.23. The first-order valence-corrected chi connectivity index (χ1v) is 12.3. The molecular weight excluding hydrogens is 466 g/mol. The molecule has 0 amide bonds. The van der Waals surface area contributed by atoms with Crippen LogP contribution in [-0.4, -0.2) is 31.8 Å². The smallest absolute Gasteiger partial charge is 0.306 e. The van der Waals surface area contributed by atoms with Crippen LogP contribution in [0.15, 0.2) is 69.0 Å². The van der Waals surface area contributed by atoms with Crippen LogP contribution in [0.3, 0.4) is 0 Å². The van der Waals surface area contributed by atoms with Crippen molar-refractivity contribution >= 4 is 33.4 Å². The van der Waals surface area contributed by atoms with Crippen LogP contribution in [0.25, 0.3) is 11.3 Å². The molecule has 3 aromatic rings. The molecule has 0 saturated carbocycles. The van der Waals surface area contributed by atoms with Gasteiger partial charge in [-0.25, -0.2) is 13.4 Å². The van der Waals surface area contributed by atoms with E-state index in [0.717, 1.165) is 18.4 Å². The molecule has 0 spiro atoms. The molecule has 2 aromatic carbocycles. The standard InChI is InChI=1S/C23H22ClN3O5S/c24-17-11-9-16(10-12-17)19-14-26-21(32-19)15-31-22(28)8-2-1-5-13-25-23-18-6-3-4-7-20(18)33(29,30)27-23/h3-4,6-7,9-12,14H,1-2,5,8,13,15H2,(H,25,27). The number of aliphatic imine (C=N–C) groups is 1. The Hall–Kier alpha value is -3.17. The molecule has 1 aliphatic rings. The minimum atomic E-state index is -3.52. The summed E-state index contributed by atoms with van der Waals surface area (Å²) in [6.07, 6.45) is 3.99. The maximum Gasteiger partial charge on any atom is 0.306 e. The van der Waals surface area contributed by atoms with E-state index in [-0.39, 0.29) is 23.9 Å². The molecule has 0 atom stereocenters. The van der Waals surface area contributed by atoms with Crippen LogP contribution in [0.1, 0.15) is 37.1 Å². The largest absolute Gasteiger partial charge is 0.456 e. The molecule has 1 N–H and O–H groups in total. The molecule has 1 aromatic heterocycles. The van der Waals surface area contributed by atoms with Crippen LogP contribution in [0.4, 0.5) is 0 Å². The van der Waals surface area contributed by atoms with Gasteiger partial charge in [0.2, 0.25) is 5.89 Å². The number of fused-ring (bicyclic) bond motifs is 1. The number of hydrogen-bond acceptors (Lipinski definition) is 7. The van der Waals surface area contributed by atoms with Gasteiger partial charge in [0.25, 0.3) is 10.0 Å². The Kier molecular flexibility index (Phi) is 7.10. The fraction of sp³-hybridized carbons (Fsp3) is 0.261. The van der Waals surface area contributed by atoms with Crippen molar-refractivity contribution in [3.63, 3.8) is 0 Å². The molecule has 0 radical (unpaired) electrons. The minimum absolute atomic E-state index is 0.0281. The highest BCUT2D eigenvalue weighted by molar-refractivity contribution is 7.90. The predicted octanol–water partition coefficient (Wildman–Crippen LogP) is 4.34. The quantitative estimate of drug-likeness (QED) is 0.355. The molecule has 0 bridgehead atoms. The van der Waals surface area contributed by atoms with Gasteiger partial charge in [-0.2, -0.15) is 0 Å². The number of esters is 1. The van der Waals surface area contributed by atoms with Crippen LogP contribution < -0.4 is 4.72 Å². The number of amidine groups is 1. The third-order valence-electron chi connectivity index (χ3n) is 5.01. The van der Waals surface area contributed by atoms with Crippen LogP contribution in [0.2, 0.25) is 5.02 Å². The fourth-order valence-corrected chi connectivity index (χ4v) is 4.72. The maximum atomic E-state index is 12.1. The second kappa shape index (κ2) is 10.2. The van der Waals surface area contributed by atoms with Crippen molar-refractivity contribution in [2.75, 3.05) is 6.54 Å². The average Bonchev–Trinajstić information content (AvgIpc) is 3.38. The zero-order valence-electron chi connectivity index (χ0n) is 17.7. The lowest BCUT2D eigenvalue weighted by atomic mass is 10.2. The summed E-state index contributed by atoms with van der Waals surface area (Å²) < 4.78 is 37.4. The molecule has 10 heteroatoms. The van der Waals surface area contributed by atoms with Gasteiger partial charge in [0.05, 0.1) is 11.1 Å². The summed E-state index contributed by atoms with van der Waals surface area (Å²) >= 11 is 5.88. The van der Waals surface area contributed by atoms with Gasteiger partial charge in [0.1, 0.15) is 5.84 Å². The summed E-state index contributed by atoms with van der Waals surface area (Å²) in [5.74, 6) is 0.939. The summed E-state index contributed by atoms with van der Waals surface area (Å²) in [6.45, 7) is 0.435. The number of halogens is 1. The van der Waals surface area contributed by atoms with E-state index < -0.39 is 10.0 Å². The van der Waals surface area contributed by atoms with Crippen LogP contribution >= 0.6 is 11.6 Å². The SMILES string of the molecule is O=C(CCCCCN=C1NS(=O)(=O)c2ccccc21)OCc1ncc(-c2ccc(Cl)cc2)o1. The highest BCUT2D eigenvalue weighted by atomic mass is 35.5. The van der Waals surface area contributed by atoms with E-state index in [9.17, 15) is 13.2 Å². The molecule has 0 aliphatic carbocycles. The lowest BCUT2D eigenvalue weighted by molar-refractivity contribution is -0.145. The molecule has 4 rings (SSSR count). The summed E-state index contributed by atoms with van der Waals surface area (Å²) in [5.41, 5.74) is 1.42. The highest BCUT2D eigenvalue weighted by Gasteiger charge is 2.29. The summed E-state index contributed by atoms with van der Waals surface area (Å²) in [6, 6.07) is 13.9. The van der Waals surface area contributed by atoms with E-state index in [0.29, 0.717) is 41.0 Å². The van der Waals surface area contributed by atoms with Crippen molar-refractivity contribution in [3.8, 4) is 11.3 Å². The second-order valence-corrected chi connectivity index (χ2v) is 9.52. The molecule has 172 valence electrons. The number of oxazole rings is 1. The number of rotatable bonds is 9. The normalized spacial score (nSPS) is 15.2. The average molecular weight is 488 g/mol. The molecule has 33 heavy (non-hydrogen) atoms. The Labute approximate surface area is 196 Å². The Morgan fingerprint density at radius 1 is 1.09 bits per heavy atom. The van der Waals surface area contributed by atoms with Crippen molar-refractivity contribution in [3.05, 3.63) is 71.2 Å². The second-order valence-electron chi connectivity index (χ2n) is 7.43. The first-order valence-electron chi connectivity index (χ1n) is 10.5. The van der Waals surface area contributed by atoms with Crippen LogP contribution in [0.5, 0.6) is 0 Å². The summed E-state index contributed by atoms with van der Waals surface area (Å²) in [4.78, 5) is 20.7. The Morgan fingerprint density at radius 3 is 2.70 bits per heavy atom. The first-order chi connectivity index (χ1) is 15.9. The number of carbonyl (C=O) groups is 1. The lowest BCUT2D eigenvalue weighted by Gasteiger charge is -2.03. The Balaban J connectivity index is 1.15. The first kappa shape index (κ1) is 23.0. The third kappa shape index (κ3) is 5.80. The van der Waals surface area contributed by atoms with E-state index in [1.807, 2.05) is 12.1 Å². The molecular formula is C23H22ClN3O5S. The summed E-state index contributed by atoms with van der Waals surface area (Å²) in [5, 5.41) is 0.633. The minimum Gasteiger partial charge on any atom is -0.456 e. The van der Waals surface area contributed by atoms with Gasteiger partial charge < -0.3 is 9.15 Å². The number of sulfonamides is 1. The number of nitrogens with one attached hydrogen (secondary N) is 1.